The van der Waals surface area contributed by atoms with E-state index in [0.717, 1.165) is 5.56 Å². The molecule has 0 aliphatic heterocycles. The second-order valence-corrected chi connectivity index (χ2v) is 3.77. The van der Waals surface area contributed by atoms with E-state index in [1.165, 1.54) is 18.3 Å². The third-order valence-electron chi connectivity index (χ3n) is 2.40. The molecule has 0 fully saturated rings. The SMILES string of the molecule is Cc1cc(N)cnc1-c1cc(F)cc(C#N)c1. The minimum atomic E-state index is -0.447. The number of hydrogen-bond donors (Lipinski definition) is 1. The number of nitrogens with two attached hydrogens (primary N) is 1. The van der Waals surface area contributed by atoms with Gasteiger partial charge in [0, 0.05) is 5.56 Å². The highest BCUT2D eigenvalue weighted by Crippen LogP contribution is 2.24. The van der Waals surface area contributed by atoms with Crippen LogP contribution in [0.25, 0.3) is 11.3 Å². The first-order valence-corrected chi connectivity index (χ1v) is 5.03. The van der Waals surface area contributed by atoms with Crippen LogP contribution in [0, 0.1) is 24.1 Å². The number of benzene rings is 1. The van der Waals surface area contributed by atoms with Crippen molar-refractivity contribution in [3.8, 4) is 17.3 Å². The first-order valence-electron chi connectivity index (χ1n) is 5.03. The Morgan fingerprint density at radius 3 is 2.71 bits per heavy atom. The highest BCUT2D eigenvalue weighted by Gasteiger charge is 2.07. The predicted octanol–water partition coefficient (Wildman–Crippen LogP) is 2.65. The molecule has 84 valence electrons. The van der Waals surface area contributed by atoms with Crippen LogP contribution in [0.15, 0.2) is 30.5 Å². The summed E-state index contributed by atoms with van der Waals surface area (Å²) >= 11 is 0. The summed E-state index contributed by atoms with van der Waals surface area (Å²) in [6, 6.07) is 7.83. The highest BCUT2D eigenvalue weighted by molar-refractivity contribution is 5.66. The molecule has 0 unspecified atom stereocenters. The minimum absolute atomic E-state index is 0.276. The minimum Gasteiger partial charge on any atom is -0.397 e. The summed E-state index contributed by atoms with van der Waals surface area (Å²) in [6.45, 7) is 1.84. The van der Waals surface area contributed by atoms with E-state index in [2.05, 4.69) is 4.98 Å². The van der Waals surface area contributed by atoms with Crippen molar-refractivity contribution in [1.82, 2.24) is 4.98 Å². The lowest BCUT2D eigenvalue weighted by molar-refractivity contribution is 0.628. The predicted molar refractivity (Wildman–Crippen MR) is 63.5 cm³/mol. The zero-order chi connectivity index (χ0) is 12.4. The summed E-state index contributed by atoms with van der Waals surface area (Å²) < 4.78 is 13.3. The zero-order valence-electron chi connectivity index (χ0n) is 9.24. The van der Waals surface area contributed by atoms with Crippen LogP contribution in [-0.4, -0.2) is 4.98 Å². The molecule has 1 aromatic heterocycles. The van der Waals surface area contributed by atoms with Crippen molar-refractivity contribution in [3.63, 3.8) is 0 Å². The van der Waals surface area contributed by atoms with Gasteiger partial charge in [-0.25, -0.2) is 4.39 Å². The monoisotopic (exact) mass is 227 g/mol. The van der Waals surface area contributed by atoms with Crippen molar-refractivity contribution in [2.24, 2.45) is 0 Å². The topological polar surface area (TPSA) is 62.7 Å². The molecule has 0 bridgehead atoms. The Hall–Kier alpha value is -2.41. The fraction of sp³-hybridized carbons (Fsp3) is 0.0769. The van der Waals surface area contributed by atoms with Gasteiger partial charge in [-0.05, 0) is 36.8 Å². The second kappa shape index (κ2) is 4.22. The number of nitrogen functional groups attached to an aromatic ring is 1. The largest absolute Gasteiger partial charge is 0.397 e. The Morgan fingerprint density at radius 2 is 2.06 bits per heavy atom. The summed E-state index contributed by atoms with van der Waals surface area (Å²) in [5.41, 5.74) is 8.50. The van der Waals surface area contributed by atoms with Crippen LogP contribution in [0.2, 0.25) is 0 Å². The maximum absolute atomic E-state index is 13.3. The average molecular weight is 227 g/mol. The number of pyridine rings is 1. The molecule has 0 atom stereocenters. The molecule has 0 radical (unpaired) electrons. The number of hydrogen-bond acceptors (Lipinski definition) is 3. The molecule has 2 N–H and O–H groups in total. The molecule has 0 aliphatic rings. The fourth-order valence-corrected chi connectivity index (χ4v) is 1.69. The van der Waals surface area contributed by atoms with Crippen LogP contribution in [0.5, 0.6) is 0 Å². The molecule has 3 nitrogen and oxygen atoms in total. The average Bonchev–Trinajstić information content (AvgIpc) is 2.28. The van der Waals surface area contributed by atoms with Gasteiger partial charge in [0.05, 0.1) is 29.2 Å². The van der Waals surface area contributed by atoms with Gasteiger partial charge in [-0.15, -0.1) is 0 Å². The quantitative estimate of drug-likeness (QED) is 0.814. The van der Waals surface area contributed by atoms with Crippen LogP contribution >= 0.6 is 0 Å². The van der Waals surface area contributed by atoms with Crippen LogP contribution in [0.4, 0.5) is 10.1 Å². The molecular weight excluding hydrogens is 217 g/mol. The molecule has 1 heterocycles. The van der Waals surface area contributed by atoms with Crippen molar-refractivity contribution >= 4 is 5.69 Å². The molecule has 0 saturated carbocycles. The van der Waals surface area contributed by atoms with Crippen LogP contribution in [-0.2, 0) is 0 Å². The Balaban J connectivity index is 2.61. The molecule has 0 saturated heterocycles. The van der Waals surface area contributed by atoms with Crippen LogP contribution in [0.1, 0.15) is 11.1 Å². The van der Waals surface area contributed by atoms with Gasteiger partial charge in [0.2, 0.25) is 0 Å². The van der Waals surface area contributed by atoms with E-state index < -0.39 is 5.82 Å². The van der Waals surface area contributed by atoms with Crippen molar-refractivity contribution in [3.05, 3.63) is 47.4 Å². The van der Waals surface area contributed by atoms with Crippen molar-refractivity contribution < 1.29 is 4.39 Å². The Labute approximate surface area is 98.3 Å². The molecule has 2 aromatic rings. The van der Waals surface area contributed by atoms with Crippen molar-refractivity contribution in [1.29, 1.82) is 5.26 Å². The zero-order valence-corrected chi connectivity index (χ0v) is 9.24. The number of halogens is 1. The molecule has 0 amide bonds. The van der Waals surface area contributed by atoms with Crippen LogP contribution in [0.3, 0.4) is 0 Å². The first kappa shape index (κ1) is 11.1. The number of aryl methyl sites for hydroxylation is 1. The van der Waals surface area contributed by atoms with Gasteiger partial charge in [0.1, 0.15) is 5.82 Å². The van der Waals surface area contributed by atoms with E-state index in [4.69, 9.17) is 11.0 Å². The second-order valence-electron chi connectivity index (χ2n) is 3.77. The van der Waals surface area contributed by atoms with E-state index in [1.54, 1.807) is 12.1 Å². The number of rotatable bonds is 1. The van der Waals surface area contributed by atoms with Crippen molar-refractivity contribution in [2.75, 3.05) is 5.73 Å². The normalized spacial score (nSPS) is 9.94. The van der Waals surface area contributed by atoms with Gasteiger partial charge in [-0.2, -0.15) is 5.26 Å². The van der Waals surface area contributed by atoms with Gasteiger partial charge in [-0.1, -0.05) is 0 Å². The number of nitrogens with zero attached hydrogens (tertiary/aromatic N) is 2. The smallest absolute Gasteiger partial charge is 0.125 e. The van der Waals surface area contributed by atoms with Crippen LogP contribution < -0.4 is 5.73 Å². The molecule has 1 aromatic carbocycles. The van der Waals surface area contributed by atoms with Gasteiger partial charge in [0.25, 0.3) is 0 Å². The summed E-state index contributed by atoms with van der Waals surface area (Å²) in [6.07, 6.45) is 1.51. The van der Waals surface area contributed by atoms with E-state index in [9.17, 15) is 4.39 Å². The summed E-state index contributed by atoms with van der Waals surface area (Å²) in [4.78, 5) is 4.16. The van der Waals surface area contributed by atoms with E-state index >= 15 is 0 Å². The Bertz CT molecular complexity index is 615. The van der Waals surface area contributed by atoms with Gasteiger partial charge in [0.15, 0.2) is 0 Å². The molecule has 0 spiro atoms. The van der Waals surface area contributed by atoms with Gasteiger partial charge in [-0.3, -0.25) is 4.98 Å². The Kier molecular flexibility index (Phi) is 2.75. The van der Waals surface area contributed by atoms with Crippen molar-refractivity contribution in [2.45, 2.75) is 6.92 Å². The molecule has 17 heavy (non-hydrogen) atoms. The summed E-state index contributed by atoms with van der Waals surface area (Å²) in [7, 11) is 0. The molecular formula is C13H10FN3. The first-order chi connectivity index (χ1) is 8.10. The lowest BCUT2D eigenvalue weighted by Gasteiger charge is -2.06. The molecule has 4 heteroatoms. The summed E-state index contributed by atoms with van der Waals surface area (Å²) in [5.74, 6) is -0.447. The van der Waals surface area contributed by atoms with E-state index in [-0.39, 0.29) is 5.56 Å². The number of anilines is 1. The molecule has 2 rings (SSSR count). The van der Waals surface area contributed by atoms with Gasteiger partial charge < -0.3 is 5.73 Å². The maximum Gasteiger partial charge on any atom is 0.125 e. The lowest BCUT2D eigenvalue weighted by Crippen LogP contribution is -1.93. The maximum atomic E-state index is 13.3. The molecule has 0 aliphatic carbocycles. The standard InChI is InChI=1S/C13H10FN3/c1-8-2-12(16)7-17-13(8)10-3-9(6-15)4-11(14)5-10/h2-5,7H,16H2,1H3. The van der Waals surface area contributed by atoms with Gasteiger partial charge >= 0.3 is 0 Å². The Morgan fingerprint density at radius 1 is 1.29 bits per heavy atom. The lowest BCUT2D eigenvalue weighted by atomic mass is 10.0. The highest BCUT2D eigenvalue weighted by atomic mass is 19.1. The third kappa shape index (κ3) is 2.23. The third-order valence-corrected chi connectivity index (χ3v) is 2.40. The fourth-order valence-electron chi connectivity index (χ4n) is 1.69. The summed E-state index contributed by atoms with van der Waals surface area (Å²) in [5, 5.41) is 8.79. The number of aromatic nitrogens is 1. The number of nitriles is 1. The van der Waals surface area contributed by atoms with E-state index in [0.29, 0.717) is 16.9 Å². The van der Waals surface area contributed by atoms with E-state index in [1.807, 2.05) is 13.0 Å².